The minimum atomic E-state index is 0.373. The van der Waals surface area contributed by atoms with Crippen LogP contribution < -0.4 is 5.32 Å². The van der Waals surface area contributed by atoms with Crippen LogP contribution in [0.25, 0.3) is 4.85 Å². The Labute approximate surface area is 87.7 Å². The van der Waals surface area contributed by atoms with E-state index in [4.69, 9.17) is 22.9 Å². The average molecular weight is 212 g/mol. The maximum absolute atomic E-state index is 6.91. The first-order valence-corrected chi connectivity index (χ1v) is 4.42. The number of aromatic nitrogens is 1. The van der Waals surface area contributed by atoms with Crippen LogP contribution in [0.4, 0.5) is 11.5 Å². The van der Waals surface area contributed by atoms with Crippen molar-refractivity contribution in [1.29, 1.82) is 0 Å². The second-order valence-corrected chi connectivity index (χ2v) is 2.92. The maximum atomic E-state index is 6.91. The molecule has 14 heavy (non-hydrogen) atoms. The lowest BCUT2D eigenvalue weighted by molar-refractivity contribution is 0.210. The Morgan fingerprint density at radius 1 is 1.64 bits per heavy atom. The van der Waals surface area contributed by atoms with Gasteiger partial charge in [0, 0.05) is 13.7 Å². The van der Waals surface area contributed by atoms with Crippen molar-refractivity contribution in [3.8, 4) is 0 Å². The lowest BCUT2D eigenvalue weighted by atomic mass is 10.4. The molecule has 0 aromatic carbocycles. The Balaban J connectivity index is 2.73. The van der Waals surface area contributed by atoms with Crippen molar-refractivity contribution in [2.75, 3.05) is 25.6 Å². The van der Waals surface area contributed by atoms with Gasteiger partial charge in [-0.3, -0.25) is 0 Å². The molecule has 4 nitrogen and oxygen atoms in total. The highest BCUT2D eigenvalue weighted by Crippen LogP contribution is 2.24. The van der Waals surface area contributed by atoms with E-state index in [2.05, 4.69) is 15.1 Å². The number of halogens is 1. The number of methoxy groups -OCH3 is 1. The second-order valence-electron chi connectivity index (χ2n) is 2.53. The van der Waals surface area contributed by atoms with Crippen LogP contribution >= 0.6 is 11.6 Å². The van der Waals surface area contributed by atoms with Gasteiger partial charge >= 0.3 is 0 Å². The summed E-state index contributed by atoms with van der Waals surface area (Å²) in [6.07, 6.45) is 0. The third-order valence-electron chi connectivity index (χ3n) is 1.56. The lowest BCUT2D eigenvalue weighted by Gasteiger charge is -2.06. The summed E-state index contributed by atoms with van der Waals surface area (Å²) < 4.78 is 4.87. The van der Waals surface area contributed by atoms with Gasteiger partial charge in [-0.2, -0.15) is 0 Å². The SMILES string of the molecule is [C-]#[N+]c1ccc(Cl)nc1NCCOC. The zero-order valence-electron chi connectivity index (χ0n) is 7.75. The topological polar surface area (TPSA) is 38.5 Å². The third-order valence-corrected chi connectivity index (χ3v) is 1.77. The number of nitrogens with one attached hydrogen (secondary N) is 1. The number of hydrogen-bond donors (Lipinski definition) is 1. The van der Waals surface area contributed by atoms with Gasteiger partial charge in [-0.15, -0.1) is 0 Å². The minimum Gasteiger partial charge on any atom is -0.383 e. The molecule has 0 amide bonds. The van der Waals surface area contributed by atoms with E-state index in [0.717, 1.165) is 0 Å². The quantitative estimate of drug-likeness (QED) is 0.472. The number of ether oxygens (including phenoxy) is 1. The molecule has 0 aliphatic carbocycles. The summed E-state index contributed by atoms with van der Waals surface area (Å²) in [5, 5.41) is 3.34. The molecule has 0 bridgehead atoms. The normalized spacial score (nSPS) is 9.50. The fraction of sp³-hybridized carbons (Fsp3) is 0.333. The van der Waals surface area contributed by atoms with Gasteiger partial charge in [-0.05, 0) is 12.1 Å². The predicted molar refractivity (Wildman–Crippen MR) is 55.9 cm³/mol. The first-order chi connectivity index (χ1) is 6.77. The summed E-state index contributed by atoms with van der Waals surface area (Å²) in [6, 6.07) is 3.23. The number of pyridine rings is 1. The maximum Gasteiger partial charge on any atom is 0.228 e. The van der Waals surface area contributed by atoms with E-state index in [9.17, 15) is 0 Å². The zero-order valence-corrected chi connectivity index (χ0v) is 8.51. The number of hydrogen-bond acceptors (Lipinski definition) is 3. The van der Waals surface area contributed by atoms with Gasteiger partial charge in [-0.25, -0.2) is 9.83 Å². The molecule has 0 saturated heterocycles. The molecule has 0 fully saturated rings. The molecule has 1 rings (SSSR count). The number of anilines is 1. The molecule has 0 unspecified atom stereocenters. The van der Waals surface area contributed by atoms with Crippen molar-refractivity contribution in [2.45, 2.75) is 0 Å². The highest BCUT2D eigenvalue weighted by molar-refractivity contribution is 6.29. The van der Waals surface area contributed by atoms with Crippen molar-refractivity contribution < 1.29 is 4.74 Å². The standard InChI is InChI=1S/C9H10ClN3O/c1-11-7-3-4-8(10)13-9(7)12-5-6-14-2/h3-4H,5-6H2,2H3,(H,12,13). The second kappa shape index (κ2) is 5.43. The summed E-state index contributed by atoms with van der Waals surface area (Å²) in [4.78, 5) is 7.32. The number of rotatable bonds is 4. The summed E-state index contributed by atoms with van der Waals surface area (Å²) in [6.45, 7) is 8.07. The first-order valence-electron chi connectivity index (χ1n) is 4.04. The van der Waals surface area contributed by atoms with E-state index in [0.29, 0.717) is 29.8 Å². The van der Waals surface area contributed by atoms with Crippen LogP contribution in [0.1, 0.15) is 0 Å². The van der Waals surface area contributed by atoms with Gasteiger partial charge in [0.15, 0.2) is 0 Å². The molecule has 0 radical (unpaired) electrons. The Morgan fingerprint density at radius 2 is 2.43 bits per heavy atom. The van der Waals surface area contributed by atoms with Crippen LogP contribution in [0.5, 0.6) is 0 Å². The van der Waals surface area contributed by atoms with E-state index in [1.54, 1.807) is 19.2 Å². The van der Waals surface area contributed by atoms with Crippen LogP contribution in [0, 0.1) is 6.57 Å². The van der Waals surface area contributed by atoms with E-state index in [1.165, 1.54) is 0 Å². The fourth-order valence-electron chi connectivity index (χ4n) is 0.920. The minimum absolute atomic E-state index is 0.373. The molecule has 5 heteroatoms. The van der Waals surface area contributed by atoms with E-state index in [-0.39, 0.29) is 0 Å². The summed E-state index contributed by atoms with van der Waals surface area (Å²) in [7, 11) is 1.61. The zero-order chi connectivity index (χ0) is 10.4. The van der Waals surface area contributed by atoms with Crippen molar-refractivity contribution in [1.82, 2.24) is 4.98 Å². The smallest absolute Gasteiger partial charge is 0.228 e. The van der Waals surface area contributed by atoms with E-state index < -0.39 is 0 Å². The van der Waals surface area contributed by atoms with Gasteiger partial charge in [0.1, 0.15) is 11.0 Å². The molecule has 74 valence electrons. The van der Waals surface area contributed by atoms with E-state index in [1.807, 2.05) is 0 Å². The van der Waals surface area contributed by atoms with Gasteiger partial charge in [-0.1, -0.05) is 11.6 Å². The third kappa shape index (κ3) is 2.87. The largest absolute Gasteiger partial charge is 0.383 e. The van der Waals surface area contributed by atoms with Crippen molar-refractivity contribution in [2.24, 2.45) is 0 Å². The van der Waals surface area contributed by atoms with Crippen LogP contribution in [-0.4, -0.2) is 25.2 Å². The fourth-order valence-corrected chi connectivity index (χ4v) is 1.07. The lowest BCUT2D eigenvalue weighted by Crippen LogP contribution is -2.08. The van der Waals surface area contributed by atoms with Crippen LogP contribution in [0.3, 0.4) is 0 Å². The highest BCUT2D eigenvalue weighted by Gasteiger charge is 2.03. The Morgan fingerprint density at radius 3 is 3.07 bits per heavy atom. The predicted octanol–water partition coefficient (Wildman–Crippen LogP) is 2.34. The average Bonchev–Trinajstić information content (AvgIpc) is 2.19. The van der Waals surface area contributed by atoms with Gasteiger partial charge < -0.3 is 10.1 Å². The van der Waals surface area contributed by atoms with Crippen molar-refractivity contribution >= 4 is 23.1 Å². The first kappa shape index (κ1) is 10.8. The molecule has 1 N–H and O–H groups in total. The van der Waals surface area contributed by atoms with Crippen molar-refractivity contribution in [3.63, 3.8) is 0 Å². The molecule has 0 atom stereocenters. The molecular weight excluding hydrogens is 202 g/mol. The van der Waals surface area contributed by atoms with Crippen LogP contribution in [0.15, 0.2) is 12.1 Å². The van der Waals surface area contributed by atoms with Gasteiger partial charge in [0.05, 0.1) is 13.2 Å². The molecule has 1 heterocycles. The summed E-state index contributed by atoms with van der Waals surface area (Å²) >= 11 is 5.70. The molecule has 0 spiro atoms. The molecule has 1 aromatic rings. The van der Waals surface area contributed by atoms with Crippen LogP contribution in [0.2, 0.25) is 5.15 Å². The van der Waals surface area contributed by atoms with E-state index >= 15 is 0 Å². The van der Waals surface area contributed by atoms with Gasteiger partial charge in [0.25, 0.3) is 0 Å². The Kier molecular flexibility index (Phi) is 4.17. The molecule has 0 aliphatic heterocycles. The number of nitrogens with zero attached hydrogens (tertiary/aromatic N) is 2. The molecule has 0 saturated carbocycles. The van der Waals surface area contributed by atoms with Gasteiger partial charge in [0.2, 0.25) is 5.69 Å². The Hall–Kier alpha value is -1.31. The Bertz CT molecular complexity index is 348. The molecular formula is C9H10ClN3O. The van der Waals surface area contributed by atoms with Crippen molar-refractivity contribution in [3.05, 3.63) is 28.7 Å². The molecule has 1 aromatic heterocycles. The van der Waals surface area contributed by atoms with Crippen LogP contribution in [-0.2, 0) is 4.74 Å². The summed E-state index contributed by atoms with van der Waals surface area (Å²) in [5.41, 5.74) is 0.463. The highest BCUT2D eigenvalue weighted by atomic mass is 35.5. The molecule has 0 aliphatic rings. The summed E-state index contributed by atoms with van der Waals surface area (Å²) in [5.74, 6) is 0.504. The monoisotopic (exact) mass is 211 g/mol.